The zero-order valence-electron chi connectivity index (χ0n) is 15.4. The summed E-state index contributed by atoms with van der Waals surface area (Å²) >= 11 is 0. The lowest BCUT2D eigenvalue weighted by Gasteiger charge is -2.30. The molecule has 9 heteroatoms. The number of morpholine rings is 1. The molecule has 1 saturated heterocycles. The maximum Gasteiger partial charge on any atom is 0.296 e. The second-order valence-electron chi connectivity index (χ2n) is 6.55. The zero-order chi connectivity index (χ0) is 20.4. The molecule has 150 valence electrons. The van der Waals surface area contributed by atoms with Crippen molar-refractivity contribution in [2.45, 2.75) is 4.90 Å². The third-order valence-corrected chi connectivity index (χ3v) is 5.63. The molecule has 0 atom stereocenters. The first-order valence-corrected chi connectivity index (χ1v) is 10.4. The number of azo groups is 1. The normalized spacial score (nSPS) is 15.3. The van der Waals surface area contributed by atoms with Crippen LogP contribution in [0.4, 0.5) is 17.1 Å². The van der Waals surface area contributed by atoms with Gasteiger partial charge in [0.2, 0.25) is 0 Å². The molecule has 0 bridgehead atoms. The number of hydrogen-bond acceptors (Lipinski definition) is 7. The fraction of sp³-hybridized carbons (Fsp3) is 0.200. The highest BCUT2D eigenvalue weighted by Gasteiger charge is 2.19. The van der Waals surface area contributed by atoms with E-state index in [0.29, 0.717) is 31.7 Å². The van der Waals surface area contributed by atoms with E-state index >= 15 is 0 Å². The number of hydrogen-bond donors (Lipinski definition) is 2. The van der Waals surface area contributed by atoms with Crippen molar-refractivity contribution in [1.29, 1.82) is 0 Å². The number of aromatic hydroxyl groups is 1. The Bertz CT molecular complexity index is 1190. The van der Waals surface area contributed by atoms with E-state index in [0.717, 1.165) is 11.1 Å². The second kappa shape index (κ2) is 7.78. The van der Waals surface area contributed by atoms with Crippen molar-refractivity contribution in [3.05, 3.63) is 54.6 Å². The fourth-order valence-electron chi connectivity index (χ4n) is 3.36. The van der Waals surface area contributed by atoms with Crippen LogP contribution >= 0.6 is 0 Å². The summed E-state index contributed by atoms with van der Waals surface area (Å²) in [6, 6.07) is 14.9. The third kappa shape index (κ3) is 3.93. The van der Waals surface area contributed by atoms with Crippen LogP contribution in [0.15, 0.2) is 69.7 Å². The molecule has 1 aliphatic heterocycles. The lowest BCUT2D eigenvalue weighted by Crippen LogP contribution is -2.36. The average molecular weight is 413 g/mol. The van der Waals surface area contributed by atoms with Crippen LogP contribution < -0.4 is 4.90 Å². The standard InChI is InChI=1S/C20H19N3O5S/c24-18-13-17(23-9-11-28-12-10-23)14-5-1-2-6-15(14)20(18)22-21-16-7-3-4-8-19(16)29(25,26)27/h1-8,13,24H,9-12H2,(H,25,26,27). The number of anilines is 1. The van der Waals surface area contributed by atoms with E-state index in [2.05, 4.69) is 15.1 Å². The quantitative estimate of drug-likeness (QED) is 0.493. The summed E-state index contributed by atoms with van der Waals surface area (Å²) in [7, 11) is -4.45. The van der Waals surface area contributed by atoms with E-state index in [4.69, 9.17) is 4.74 Å². The van der Waals surface area contributed by atoms with Crippen LogP contribution in [0.3, 0.4) is 0 Å². The summed E-state index contributed by atoms with van der Waals surface area (Å²) in [4.78, 5) is 1.79. The molecule has 0 aliphatic carbocycles. The third-order valence-electron chi connectivity index (χ3n) is 4.73. The summed E-state index contributed by atoms with van der Waals surface area (Å²) in [5.41, 5.74) is 1.08. The van der Waals surface area contributed by atoms with Gasteiger partial charge in [-0.15, -0.1) is 10.2 Å². The van der Waals surface area contributed by atoms with Crippen LogP contribution in [0, 0.1) is 0 Å². The van der Waals surface area contributed by atoms with E-state index in [1.54, 1.807) is 12.1 Å². The molecule has 0 unspecified atom stereocenters. The monoisotopic (exact) mass is 413 g/mol. The van der Waals surface area contributed by atoms with Crippen LogP contribution in [0.1, 0.15) is 0 Å². The van der Waals surface area contributed by atoms with Gasteiger partial charge in [0.25, 0.3) is 10.1 Å². The van der Waals surface area contributed by atoms with E-state index in [1.165, 1.54) is 18.2 Å². The molecule has 1 heterocycles. The van der Waals surface area contributed by atoms with Gasteiger partial charge in [-0.1, -0.05) is 36.4 Å². The van der Waals surface area contributed by atoms with Gasteiger partial charge in [0.15, 0.2) is 0 Å². The highest BCUT2D eigenvalue weighted by atomic mass is 32.2. The van der Waals surface area contributed by atoms with Gasteiger partial charge in [0.1, 0.15) is 22.0 Å². The number of phenolic OH excluding ortho intramolecular Hbond substituents is 1. The van der Waals surface area contributed by atoms with Crippen molar-refractivity contribution in [2.24, 2.45) is 10.2 Å². The molecular weight excluding hydrogens is 394 g/mol. The van der Waals surface area contributed by atoms with E-state index in [-0.39, 0.29) is 22.0 Å². The lowest BCUT2D eigenvalue weighted by atomic mass is 10.0. The Labute approximate surface area is 167 Å². The van der Waals surface area contributed by atoms with Crippen molar-refractivity contribution in [1.82, 2.24) is 0 Å². The second-order valence-corrected chi connectivity index (χ2v) is 7.94. The SMILES string of the molecule is O=S(=O)(O)c1ccccc1N=Nc1c(O)cc(N2CCOCC2)c2ccccc12. The average Bonchev–Trinajstić information content (AvgIpc) is 2.73. The predicted molar refractivity (Wildman–Crippen MR) is 109 cm³/mol. The van der Waals surface area contributed by atoms with Gasteiger partial charge in [-0.25, -0.2) is 0 Å². The van der Waals surface area contributed by atoms with E-state index in [1.807, 2.05) is 24.3 Å². The number of rotatable bonds is 4. The Hall–Kier alpha value is -3.01. The maximum atomic E-state index is 11.6. The number of phenols is 1. The predicted octanol–water partition coefficient (Wildman–Crippen LogP) is 4.04. The molecule has 1 fully saturated rings. The molecular formula is C20H19N3O5S. The molecule has 0 radical (unpaired) electrons. The van der Waals surface area contributed by atoms with Gasteiger partial charge >= 0.3 is 0 Å². The van der Waals surface area contributed by atoms with Crippen LogP contribution in [0.2, 0.25) is 0 Å². The topological polar surface area (TPSA) is 112 Å². The molecule has 0 amide bonds. The van der Waals surface area contributed by atoms with Crippen molar-refractivity contribution in [3.8, 4) is 5.75 Å². The minimum Gasteiger partial charge on any atom is -0.506 e. The van der Waals surface area contributed by atoms with Gasteiger partial charge in [0, 0.05) is 35.6 Å². The summed E-state index contributed by atoms with van der Waals surface area (Å²) < 4.78 is 37.9. The van der Waals surface area contributed by atoms with Gasteiger partial charge in [-0.05, 0) is 12.1 Å². The molecule has 4 rings (SSSR count). The largest absolute Gasteiger partial charge is 0.506 e. The first-order valence-electron chi connectivity index (χ1n) is 9.01. The number of ether oxygens (including phenoxy) is 1. The van der Waals surface area contributed by atoms with Crippen LogP contribution in [0.5, 0.6) is 5.75 Å². The molecule has 0 aromatic heterocycles. The van der Waals surface area contributed by atoms with Crippen molar-refractivity contribution >= 4 is 38.0 Å². The Kier molecular flexibility index (Phi) is 5.18. The highest BCUT2D eigenvalue weighted by molar-refractivity contribution is 7.86. The van der Waals surface area contributed by atoms with Gasteiger partial charge < -0.3 is 14.7 Å². The van der Waals surface area contributed by atoms with Gasteiger partial charge in [0.05, 0.1) is 13.2 Å². The summed E-state index contributed by atoms with van der Waals surface area (Å²) in [5.74, 6) is -0.0710. The number of benzene rings is 3. The molecule has 3 aromatic rings. The summed E-state index contributed by atoms with van der Waals surface area (Å²) in [5, 5.41) is 20.3. The molecule has 2 N–H and O–H groups in total. The molecule has 0 saturated carbocycles. The molecule has 1 aliphatic rings. The van der Waals surface area contributed by atoms with Crippen molar-refractivity contribution in [2.75, 3.05) is 31.2 Å². The van der Waals surface area contributed by atoms with Crippen LogP contribution in [-0.4, -0.2) is 44.4 Å². The highest BCUT2D eigenvalue weighted by Crippen LogP contribution is 2.42. The van der Waals surface area contributed by atoms with E-state index < -0.39 is 10.1 Å². The number of nitrogens with zero attached hydrogens (tertiary/aromatic N) is 3. The van der Waals surface area contributed by atoms with Crippen molar-refractivity contribution < 1.29 is 22.8 Å². The minimum atomic E-state index is -4.45. The molecule has 0 spiro atoms. The molecule has 8 nitrogen and oxygen atoms in total. The van der Waals surface area contributed by atoms with Crippen molar-refractivity contribution in [3.63, 3.8) is 0 Å². The Morgan fingerprint density at radius 2 is 1.59 bits per heavy atom. The van der Waals surface area contributed by atoms with E-state index in [9.17, 15) is 18.1 Å². The van der Waals surface area contributed by atoms with Gasteiger partial charge in [-0.3, -0.25) is 4.55 Å². The zero-order valence-corrected chi connectivity index (χ0v) is 16.2. The number of fused-ring (bicyclic) bond motifs is 1. The van der Waals surface area contributed by atoms with Gasteiger partial charge in [-0.2, -0.15) is 8.42 Å². The first-order chi connectivity index (χ1) is 13.9. The minimum absolute atomic E-state index is 0.0178. The summed E-state index contributed by atoms with van der Waals surface area (Å²) in [6.45, 7) is 2.66. The molecule has 3 aromatic carbocycles. The summed E-state index contributed by atoms with van der Waals surface area (Å²) in [6.07, 6.45) is 0. The maximum absolute atomic E-state index is 11.6. The first kappa shape index (κ1) is 19.3. The Balaban J connectivity index is 1.82. The van der Waals surface area contributed by atoms with Crippen LogP contribution in [-0.2, 0) is 14.9 Å². The molecule has 29 heavy (non-hydrogen) atoms. The Morgan fingerprint density at radius 3 is 2.31 bits per heavy atom. The fourth-order valence-corrected chi connectivity index (χ4v) is 3.98. The van der Waals surface area contributed by atoms with Crippen LogP contribution in [0.25, 0.3) is 10.8 Å². The lowest BCUT2D eigenvalue weighted by molar-refractivity contribution is 0.123. The Morgan fingerprint density at radius 1 is 0.931 bits per heavy atom. The smallest absolute Gasteiger partial charge is 0.296 e.